The molecule has 0 fully saturated rings. The monoisotopic (exact) mass is 349 g/mol. The highest BCUT2D eigenvalue weighted by molar-refractivity contribution is 5.97. The molecular formula is C20H19N3O3. The van der Waals surface area contributed by atoms with Crippen LogP contribution in [0.15, 0.2) is 60.7 Å². The number of methoxy groups -OCH3 is 1. The Hall–Kier alpha value is -3.41. The molecule has 3 aromatic rings. The van der Waals surface area contributed by atoms with Crippen LogP contribution >= 0.6 is 0 Å². The number of hydrogen-bond acceptors (Lipinski definition) is 4. The van der Waals surface area contributed by atoms with Crippen molar-refractivity contribution in [3.63, 3.8) is 0 Å². The van der Waals surface area contributed by atoms with Crippen LogP contribution in [0.1, 0.15) is 16.1 Å². The average molecular weight is 349 g/mol. The quantitative estimate of drug-likeness (QED) is 0.712. The van der Waals surface area contributed by atoms with E-state index in [0.29, 0.717) is 17.7 Å². The summed E-state index contributed by atoms with van der Waals surface area (Å²) in [6, 6.07) is 17.4. The summed E-state index contributed by atoms with van der Waals surface area (Å²) in [5.74, 6) is -0.322. The molecule has 26 heavy (non-hydrogen) atoms. The average Bonchev–Trinajstić information content (AvgIpc) is 2.67. The molecule has 0 aliphatic carbocycles. The molecule has 0 aliphatic heterocycles. The molecule has 0 spiro atoms. The van der Waals surface area contributed by atoms with E-state index in [1.54, 1.807) is 25.3 Å². The molecule has 1 aromatic heterocycles. The van der Waals surface area contributed by atoms with Crippen molar-refractivity contribution in [1.29, 1.82) is 0 Å². The Kier molecular flexibility index (Phi) is 5.12. The minimum Gasteiger partial charge on any atom is -0.497 e. The molecule has 0 bridgehead atoms. The van der Waals surface area contributed by atoms with Crippen LogP contribution in [0, 0.1) is 0 Å². The number of aromatic nitrogens is 1. The zero-order valence-electron chi connectivity index (χ0n) is 14.3. The molecule has 0 unspecified atom stereocenters. The topological polar surface area (TPSA) is 94.3 Å². The molecule has 0 radical (unpaired) electrons. The summed E-state index contributed by atoms with van der Waals surface area (Å²) >= 11 is 0. The summed E-state index contributed by atoms with van der Waals surface area (Å²) < 4.78 is 5.11. The van der Waals surface area contributed by atoms with E-state index in [-0.39, 0.29) is 5.69 Å². The number of carbonyl (C=O) groups is 2. The van der Waals surface area contributed by atoms with Gasteiger partial charge >= 0.3 is 0 Å². The van der Waals surface area contributed by atoms with Gasteiger partial charge in [0.2, 0.25) is 5.91 Å². The molecule has 6 heteroatoms. The van der Waals surface area contributed by atoms with Crippen LogP contribution in [0.2, 0.25) is 0 Å². The normalized spacial score (nSPS) is 11.7. The number of para-hydroxylation sites is 1. The summed E-state index contributed by atoms with van der Waals surface area (Å²) in [5.41, 5.74) is 7.28. The number of carbonyl (C=O) groups excluding carboxylic acids is 2. The Labute approximate surface area is 151 Å². The van der Waals surface area contributed by atoms with Crippen molar-refractivity contribution in [1.82, 2.24) is 10.3 Å². The van der Waals surface area contributed by atoms with Crippen molar-refractivity contribution >= 4 is 22.7 Å². The van der Waals surface area contributed by atoms with Gasteiger partial charge in [0.15, 0.2) is 0 Å². The van der Waals surface area contributed by atoms with E-state index < -0.39 is 17.9 Å². The lowest BCUT2D eigenvalue weighted by molar-refractivity contribution is -0.119. The first-order valence-electron chi connectivity index (χ1n) is 8.16. The second kappa shape index (κ2) is 7.65. The highest BCUT2D eigenvalue weighted by atomic mass is 16.5. The van der Waals surface area contributed by atoms with Crippen LogP contribution in [0.25, 0.3) is 10.9 Å². The molecule has 0 aliphatic rings. The lowest BCUT2D eigenvalue weighted by Gasteiger charge is -2.15. The Morgan fingerprint density at radius 3 is 2.50 bits per heavy atom. The lowest BCUT2D eigenvalue weighted by atomic mass is 10.0. The number of ether oxygens (including phenoxy) is 1. The fourth-order valence-corrected chi connectivity index (χ4v) is 2.64. The number of fused-ring (bicyclic) bond motifs is 1. The van der Waals surface area contributed by atoms with Crippen LogP contribution in [0.3, 0.4) is 0 Å². The number of nitrogens with two attached hydrogens (primary N) is 1. The number of amides is 2. The van der Waals surface area contributed by atoms with Crippen molar-refractivity contribution in [2.45, 2.75) is 12.5 Å². The van der Waals surface area contributed by atoms with Gasteiger partial charge < -0.3 is 15.8 Å². The molecule has 132 valence electrons. The van der Waals surface area contributed by atoms with Gasteiger partial charge in [-0.25, -0.2) is 4.98 Å². The first kappa shape index (κ1) is 17.4. The summed E-state index contributed by atoms with van der Waals surface area (Å²) in [6.07, 6.45) is 0.290. The minimum atomic E-state index is -0.829. The number of nitrogens with one attached hydrogen (secondary N) is 1. The Morgan fingerprint density at radius 2 is 1.81 bits per heavy atom. The summed E-state index contributed by atoms with van der Waals surface area (Å²) in [4.78, 5) is 28.6. The summed E-state index contributed by atoms with van der Waals surface area (Å²) in [5, 5.41) is 3.61. The number of hydrogen-bond donors (Lipinski definition) is 2. The zero-order chi connectivity index (χ0) is 18.5. The lowest BCUT2D eigenvalue weighted by Crippen LogP contribution is -2.46. The van der Waals surface area contributed by atoms with Gasteiger partial charge in [-0.2, -0.15) is 0 Å². The second-order valence-corrected chi connectivity index (χ2v) is 5.87. The predicted octanol–water partition coefficient (Wildman–Crippen LogP) is 2.07. The third-order valence-electron chi connectivity index (χ3n) is 4.08. The number of nitrogens with zero attached hydrogens (tertiary/aromatic N) is 1. The van der Waals surface area contributed by atoms with Crippen molar-refractivity contribution in [3.8, 4) is 5.75 Å². The molecule has 6 nitrogen and oxygen atoms in total. The maximum absolute atomic E-state index is 12.5. The van der Waals surface area contributed by atoms with Crippen molar-refractivity contribution in [3.05, 3.63) is 71.9 Å². The van der Waals surface area contributed by atoms with Gasteiger partial charge in [-0.15, -0.1) is 0 Å². The first-order valence-corrected chi connectivity index (χ1v) is 8.16. The predicted molar refractivity (Wildman–Crippen MR) is 98.9 cm³/mol. The van der Waals surface area contributed by atoms with Crippen LogP contribution in [0.4, 0.5) is 0 Å². The van der Waals surface area contributed by atoms with Crippen molar-refractivity contribution in [2.24, 2.45) is 5.73 Å². The van der Waals surface area contributed by atoms with Gasteiger partial charge in [-0.3, -0.25) is 9.59 Å². The van der Waals surface area contributed by atoms with Crippen LogP contribution in [-0.4, -0.2) is 29.9 Å². The fourth-order valence-electron chi connectivity index (χ4n) is 2.64. The van der Waals surface area contributed by atoms with E-state index in [9.17, 15) is 9.59 Å². The molecule has 2 amide bonds. The molecule has 0 saturated heterocycles. The third-order valence-corrected chi connectivity index (χ3v) is 4.08. The molecule has 1 heterocycles. The number of pyridine rings is 1. The zero-order valence-corrected chi connectivity index (χ0v) is 14.3. The van der Waals surface area contributed by atoms with Crippen LogP contribution < -0.4 is 15.8 Å². The summed E-state index contributed by atoms with van der Waals surface area (Å²) in [7, 11) is 1.58. The number of benzene rings is 2. The van der Waals surface area contributed by atoms with Crippen molar-refractivity contribution in [2.75, 3.05) is 7.11 Å². The SMILES string of the molecule is COc1ccc(C[C@H](NC(=O)c2ccc3ccccc3n2)C(N)=O)cc1. The second-order valence-electron chi connectivity index (χ2n) is 5.87. The van der Waals surface area contributed by atoms with Crippen molar-refractivity contribution < 1.29 is 14.3 Å². The smallest absolute Gasteiger partial charge is 0.270 e. The standard InChI is InChI=1S/C20H19N3O3/c1-26-15-9-6-13(7-10-15)12-18(19(21)24)23-20(25)17-11-8-14-4-2-3-5-16(14)22-17/h2-11,18H,12H2,1H3,(H2,21,24)(H,23,25)/t18-/m0/s1. The van der Waals surface area contributed by atoms with E-state index in [1.165, 1.54) is 0 Å². The highest BCUT2D eigenvalue weighted by Gasteiger charge is 2.20. The molecule has 1 atom stereocenters. The highest BCUT2D eigenvalue weighted by Crippen LogP contribution is 2.14. The maximum Gasteiger partial charge on any atom is 0.270 e. The first-order chi connectivity index (χ1) is 12.6. The largest absolute Gasteiger partial charge is 0.497 e. The molecule has 2 aromatic carbocycles. The minimum absolute atomic E-state index is 0.240. The van der Waals surface area contributed by atoms with E-state index >= 15 is 0 Å². The Morgan fingerprint density at radius 1 is 1.08 bits per heavy atom. The van der Waals surface area contributed by atoms with Gasteiger partial charge in [0.05, 0.1) is 12.6 Å². The van der Waals surface area contributed by atoms with Gasteiger partial charge in [-0.1, -0.05) is 36.4 Å². The van der Waals surface area contributed by atoms with Crippen LogP contribution in [0.5, 0.6) is 5.75 Å². The van der Waals surface area contributed by atoms with Gasteiger partial charge in [0.25, 0.3) is 5.91 Å². The Bertz CT molecular complexity index is 938. The third kappa shape index (κ3) is 3.97. The van der Waals surface area contributed by atoms with E-state index in [4.69, 9.17) is 10.5 Å². The number of primary amides is 1. The molecule has 0 saturated carbocycles. The fraction of sp³-hybridized carbons (Fsp3) is 0.150. The Balaban J connectivity index is 1.75. The van der Waals surface area contributed by atoms with Gasteiger partial charge in [0, 0.05) is 11.8 Å². The summed E-state index contributed by atoms with van der Waals surface area (Å²) in [6.45, 7) is 0. The molecule has 3 N–H and O–H groups in total. The van der Waals surface area contributed by atoms with E-state index in [0.717, 1.165) is 10.9 Å². The number of rotatable bonds is 6. The molecule has 3 rings (SSSR count). The van der Waals surface area contributed by atoms with E-state index in [2.05, 4.69) is 10.3 Å². The van der Waals surface area contributed by atoms with E-state index in [1.807, 2.05) is 42.5 Å². The van der Waals surface area contributed by atoms with Crippen LogP contribution in [-0.2, 0) is 11.2 Å². The van der Waals surface area contributed by atoms with Gasteiger partial charge in [-0.05, 0) is 29.8 Å². The molecular weight excluding hydrogens is 330 g/mol. The van der Waals surface area contributed by atoms with Gasteiger partial charge in [0.1, 0.15) is 17.5 Å². The maximum atomic E-state index is 12.5.